The van der Waals surface area contributed by atoms with E-state index in [4.69, 9.17) is 0 Å². The molecule has 300 valence electrons. The Morgan fingerprint density at radius 2 is 1.54 bits per heavy atom. The molecule has 6 rings (SSSR count). The number of unbranched alkanes of at least 4 members (excludes halogenated alkanes) is 9. The summed E-state index contributed by atoms with van der Waals surface area (Å²) in [6.45, 7) is 14.5. The van der Waals surface area contributed by atoms with Crippen molar-refractivity contribution in [2.24, 2.45) is 0 Å². The van der Waals surface area contributed by atoms with Gasteiger partial charge in [0.1, 0.15) is 23.7 Å². The lowest BCUT2D eigenvalue weighted by Crippen LogP contribution is -2.32. The van der Waals surface area contributed by atoms with Crippen LogP contribution in [0.2, 0.25) is 0 Å². The van der Waals surface area contributed by atoms with Crippen molar-refractivity contribution in [3.63, 3.8) is 0 Å². The molecule has 2 aliphatic heterocycles. The number of nitriles is 1. The molecule has 0 saturated carbocycles. The number of likely N-dealkylation sites (N-methyl/N-ethyl adjacent to an activating group) is 1. The number of thiophene rings is 1. The molecule has 1 aromatic heterocycles. The Bertz CT molecular complexity index is 2290. The fourth-order valence-corrected chi connectivity index (χ4v) is 10.1. The molecule has 0 spiro atoms. The predicted molar refractivity (Wildman–Crippen MR) is 233 cm³/mol. The second-order valence-electron chi connectivity index (χ2n) is 16.5. The van der Waals surface area contributed by atoms with Crippen LogP contribution in [0.15, 0.2) is 94.7 Å². The maximum Gasteiger partial charge on any atom is 0.366 e. The van der Waals surface area contributed by atoms with Gasteiger partial charge >= 0.3 is 7.60 Å². The van der Waals surface area contributed by atoms with Crippen LogP contribution in [0.5, 0.6) is 0 Å². The van der Waals surface area contributed by atoms with Crippen LogP contribution in [0.4, 0.5) is 11.4 Å². The molecule has 0 bridgehead atoms. The Labute approximate surface area is 342 Å². The summed E-state index contributed by atoms with van der Waals surface area (Å²) < 4.78 is 14.1. The number of ketones is 1. The van der Waals surface area contributed by atoms with Gasteiger partial charge in [-0.1, -0.05) is 90.3 Å². The number of rotatable bonds is 17. The Kier molecular flexibility index (Phi) is 12.8. The highest BCUT2D eigenvalue weighted by atomic mass is 32.1. The topological polar surface area (TPSA) is 125 Å². The standard InChI is InChI=1S/C47H56N3O5PS/c1-7-9-10-11-12-13-14-15-16-19-26-50-40-24-22-32(41-25-23-34(57-41)28-33(31-48)56(53,54)55)27-38(40)47(5,6)43(50)30-36-44(51)35(45(36)52)29-42-46(3,4)37-20-17-18-21-39(37)49(42)8-2/h17-18,20-25,27-30H,7-16,19,26H2,1-6H3,(H2-,51,52,53,54,55)/p+1/b33-28-. The zero-order chi connectivity index (χ0) is 41.1. The fraction of sp³-hybridized carbons (Fsp3) is 0.426. The molecule has 0 saturated heterocycles. The summed E-state index contributed by atoms with van der Waals surface area (Å²) in [6, 6.07) is 20.0. The van der Waals surface area contributed by atoms with E-state index in [2.05, 4.69) is 81.3 Å². The highest BCUT2D eigenvalue weighted by molar-refractivity contribution is 7.57. The largest absolute Gasteiger partial charge is 0.506 e. The van der Waals surface area contributed by atoms with Crippen molar-refractivity contribution in [1.82, 2.24) is 0 Å². The van der Waals surface area contributed by atoms with Gasteiger partial charge in [0.2, 0.25) is 11.5 Å². The molecule has 0 amide bonds. The summed E-state index contributed by atoms with van der Waals surface area (Å²) in [5.41, 5.74) is 7.24. The Balaban J connectivity index is 1.31. The van der Waals surface area contributed by atoms with E-state index in [-0.39, 0.29) is 17.0 Å². The number of fused-ring (bicyclic) bond motifs is 2. The third kappa shape index (κ3) is 8.47. The highest BCUT2D eigenvalue weighted by Gasteiger charge is 2.47. The summed E-state index contributed by atoms with van der Waals surface area (Å²) in [5.74, 6) is -0.131. The first-order valence-corrected chi connectivity index (χ1v) is 22.9. The fourth-order valence-electron chi connectivity index (χ4n) is 8.61. The first-order valence-electron chi connectivity index (χ1n) is 20.5. The predicted octanol–water partition coefficient (Wildman–Crippen LogP) is 11.8. The Morgan fingerprint density at radius 3 is 2.18 bits per heavy atom. The number of hydrogen-bond donors (Lipinski definition) is 3. The SMILES string of the molecule is CCCCCCCCCCCC[N+]1=C(/C=C2/C(=O)C(/C=C3/N(CC)c4ccccc4C3(C)C)=C2O)C(C)(C)c2cc(-c3ccc(/C=C(/C#N)P(=O)(O)O)s3)ccc21. The summed E-state index contributed by atoms with van der Waals surface area (Å²) in [6.07, 6.45) is 17.4. The van der Waals surface area contributed by atoms with Crippen molar-refractivity contribution >= 4 is 47.9 Å². The lowest BCUT2D eigenvalue weighted by Gasteiger charge is -2.28. The van der Waals surface area contributed by atoms with Gasteiger partial charge in [-0.25, -0.2) is 0 Å². The van der Waals surface area contributed by atoms with E-state index in [0.29, 0.717) is 16.0 Å². The first kappa shape index (κ1) is 42.3. The number of allylic oxidation sites excluding steroid dienone is 6. The number of Topliss-reactive ketones (excluding diaryl/α,β-unsaturated/α-hetero) is 1. The molecular weight excluding hydrogens is 750 g/mol. The Morgan fingerprint density at radius 1 is 0.877 bits per heavy atom. The van der Waals surface area contributed by atoms with Gasteiger partial charge in [-0.15, -0.1) is 11.3 Å². The molecule has 3 N–H and O–H groups in total. The second-order valence-corrected chi connectivity index (χ2v) is 19.2. The summed E-state index contributed by atoms with van der Waals surface area (Å²) >= 11 is 1.36. The van der Waals surface area contributed by atoms with E-state index >= 15 is 0 Å². The van der Waals surface area contributed by atoms with Crippen molar-refractivity contribution in [1.29, 1.82) is 5.26 Å². The van der Waals surface area contributed by atoms with Gasteiger partial charge in [0.25, 0.3) is 0 Å². The number of benzene rings is 2. The van der Waals surface area contributed by atoms with Crippen LogP contribution in [-0.2, 0) is 20.2 Å². The third-order valence-corrected chi connectivity index (χ3v) is 13.9. The zero-order valence-electron chi connectivity index (χ0n) is 34.3. The molecule has 0 atom stereocenters. The summed E-state index contributed by atoms with van der Waals surface area (Å²) in [5, 5.41) is 20.3. The van der Waals surface area contributed by atoms with Crippen LogP contribution in [0.25, 0.3) is 16.5 Å². The average molecular weight is 807 g/mol. The quantitative estimate of drug-likeness (QED) is 0.0408. The minimum absolute atomic E-state index is 0.0281. The molecule has 0 unspecified atom stereocenters. The number of anilines is 1. The van der Waals surface area contributed by atoms with Crippen LogP contribution in [0.1, 0.15) is 122 Å². The third-order valence-electron chi connectivity index (χ3n) is 11.9. The van der Waals surface area contributed by atoms with Crippen LogP contribution in [0, 0.1) is 11.3 Å². The molecule has 1 aliphatic carbocycles. The number of carbonyl (C=O) groups excluding carboxylic acids is 1. The second kappa shape index (κ2) is 17.3. The number of nitrogens with zero attached hydrogens (tertiary/aromatic N) is 3. The monoisotopic (exact) mass is 806 g/mol. The van der Waals surface area contributed by atoms with Gasteiger partial charge in [-0.2, -0.15) is 9.84 Å². The van der Waals surface area contributed by atoms with Gasteiger partial charge in [-0.3, -0.25) is 9.36 Å². The molecule has 3 aliphatic rings. The number of para-hydroxylation sites is 1. The normalized spacial score (nSPS) is 18.8. The minimum Gasteiger partial charge on any atom is -0.506 e. The van der Waals surface area contributed by atoms with E-state index < -0.39 is 18.3 Å². The molecule has 8 nitrogen and oxygen atoms in total. The molecular formula is C47H57N3O5PS+. The van der Waals surface area contributed by atoms with E-state index in [1.165, 1.54) is 74.3 Å². The maximum atomic E-state index is 14.0. The smallest absolute Gasteiger partial charge is 0.366 e. The molecule has 10 heteroatoms. The molecule has 0 fully saturated rings. The van der Waals surface area contributed by atoms with Crippen molar-refractivity contribution in [3.05, 3.63) is 111 Å². The number of hydrogen-bond acceptors (Lipinski definition) is 6. The van der Waals surface area contributed by atoms with Crippen molar-refractivity contribution in [3.8, 4) is 16.5 Å². The molecule has 3 aromatic rings. The number of carbonyl (C=O) groups is 1. The van der Waals surface area contributed by atoms with Crippen LogP contribution >= 0.6 is 18.9 Å². The van der Waals surface area contributed by atoms with Crippen LogP contribution < -0.4 is 4.90 Å². The lowest BCUT2D eigenvalue weighted by atomic mass is 9.77. The number of aliphatic hydroxyl groups is 1. The number of aliphatic hydroxyl groups excluding tert-OH is 1. The van der Waals surface area contributed by atoms with Gasteiger partial charge in [0, 0.05) is 57.2 Å². The van der Waals surface area contributed by atoms with E-state index in [1.807, 2.05) is 30.4 Å². The van der Waals surface area contributed by atoms with E-state index in [1.54, 1.807) is 12.1 Å². The van der Waals surface area contributed by atoms with Crippen LogP contribution in [-0.4, -0.2) is 44.1 Å². The van der Waals surface area contributed by atoms with Crippen molar-refractivity contribution in [2.45, 2.75) is 117 Å². The van der Waals surface area contributed by atoms with Crippen molar-refractivity contribution in [2.75, 3.05) is 18.0 Å². The Hall–Kier alpha value is -4.32. The van der Waals surface area contributed by atoms with Gasteiger partial charge in [0.15, 0.2) is 5.71 Å². The average Bonchev–Trinajstić information content (AvgIpc) is 3.80. The lowest BCUT2D eigenvalue weighted by molar-refractivity contribution is -0.438. The highest BCUT2D eigenvalue weighted by Crippen LogP contribution is 2.50. The van der Waals surface area contributed by atoms with E-state index in [0.717, 1.165) is 64.7 Å². The minimum atomic E-state index is -4.68. The van der Waals surface area contributed by atoms with E-state index in [9.17, 15) is 29.5 Å². The van der Waals surface area contributed by atoms with Gasteiger partial charge < -0.3 is 19.8 Å². The van der Waals surface area contributed by atoms with Crippen molar-refractivity contribution < 1.29 is 28.8 Å². The summed E-state index contributed by atoms with van der Waals surface area (Å²) in [4.78, 5) is 36.9. The van der Waals surface area contributed by atoms with Gasteiger partial charge in [0.05, 0.1) is 16.6 Å². The molecule has 0 radical (unpaired) electrons. The molecule has 3 heterocycles. The maximum absolute atomic E-state index is 14.0. The summed E-state index contributed by atoms with van der Waals surface area (Å²) in [7, 11) is -4.68. The zero-order valence-corrected chi connectivity index (χ0v) is 36.0. The van der Waals surface area contributed by atoms with Crippen LogP contribution in [0.3, 0.4) is 0 Å². The molecule has 2 aromatic carbocycles. The van der Waals surface area contributed by atoms with Gasteiger partial charge in [-0.05, 0) is 80.8 Å². The first-order chi connectivity index (χ1) is 27.1. The molecule has 57 heavy (non-hydrogen) atoms.